The number of nitrogens with zero attached hydrogens (tertiary/aromatic N) is 2. The first-order valence-electron chi connectivity index (χ1n) is 8.85. The number of hydrogen-bond donors (Lipinski definition) is 3. The normalized spacial score (nSPS) is 13.0. The molecule has 0 spiro atoms. The Kier molecular flexibility index (Phi) is 4.78. The summed E-state index contributed by atoms with van der Waals surface area (Å²) < 4.78 is 12.0. The smallest absolute Gasteiger partial charge is 0.259 e. The van der Waals surface area contributed by atoms with Crippen LogP contribution in [0.25, 0.3) is 0 Å². The molecule has 0 saturated heterocycles. The van der Waals surface area contributed by atoms with E-state index in [9.17, 15) is 14.7 Å². The van der Waals surface area contributed by atoms with Crippen molar-refractivity contribution in [1.82, 2.24) is 9.78 Å². The number of phenolic OH excluding ortho intramolecular Hbond substituents is 1. The summed E-state index contributed by atoms with van der Waals surface area (Å²) in [5.74, 6) is -0.208. The van der Waals surface area contributed by atoms with Crippen LogP contribution in [0.1, 0.15) is 23.3 Å². The summed E-state index contributed by atoms with van der Waals surface area (Å²) in [6.45, 7) is 1.77. The van der Waals surface area contributed by atoms with E-state index in [2.05, 4.69) is 15.7 Å². The first-order valence-corrected chi connectivity index (χ1v) is 8.85. The third-order valence-electron chi connectivity index (χ3n) is 4.42. The molecule has 0 unspecified atom stereocenters. The van der Waals surface area contributed by atoms with Crippen molar-refractivity contribution in [3.63, 3.8) is 0 Å². The Morgan fingerprint density at radius 1 is 1.10 bits per heavy atom. The van der Waals surface area contributed by atoms with Crippen molar-refractivity contribution in [1.29, 1.82) is 0 Å². The number of amides is 2. The fraction of sp³-hybridized carbons (Fsp3) is 0.150. The van der Waals surface area contributed by atoms with E-state index in [4.69, 9.17) is 9.47 Å². The maximum atomic E-state index is 12.6. The van der Waals surface area contributed by atoms with Crippen molar-refractivity contribution in [2.24, 2.45) is 0 Å². The van der Waals surface area contributed by atoms with Crippen molar-refractivity contribution in [3.05, 3.63) is 60.4 Å². The molecule has 29 heavy (non-hydrogen) atoms. The van der Waals surface area contributed by atoms with Crippen LogP contribution >= 0.6 is 0 Å². The number of carbonyl (C=O) groups is 2. The SMILES string of the molecule is C[C@@H](C(=O)Nc1cccc(NC(=O)c2cc3c(cc2O)OCO3)c1)n1cccn1. The zero-order valence-electron chi connectivity index (χ0n) is 15.5. The second-order valence-corrected chi connectivity index (χ2v) is 6.41. The fourth-order valence-electron chi connectivity index (χ4n) is 2.86. The molecular weight excluding hydrogens is 376 g/mol. The minimum absolute atomic E-state index is 0.0402. The van der Waals surface area contributed by atoms with Gasteiger partial charge in [-0.2, -0.15) is 5.10 Å². The number of hydrogen-bond acceptors (Lipinski definition) is 6. The summed E-state index contributed by atoms with van der Waals surface area (Å²) >= 11 is 0. The van der Waals surface area contributed by atoms with Gasteiger partial charge in [-0.1, -0.05) is 6.07 Å². The summed E-state index contributed by atoms with van der Waals surface area (Å²) in [6.07, 6.45) is 3.31. The molecule has 9 heteroatoms. The van der Waals surface area contributed by atoms with Crippen molar-refractivity contribution in [3.8, 4) is 17.2 Å². The fourth-order valence-corrected chi connectivity index (χ4v) is 2.86. The standard InChI is InChI=1S/C20H18N4O5/c1-12(24-7-3-6-21-24)19(26)22-13-4-2-5-14(8-13)23-20(27)15-9-17-18(10-16(15)25)29-11-28-17/h2-10,12,25H,11H2,1H3,(H,22,26)(H,23,27)/t12-/m0/s1. The van der Waals surface area contributed by atoms with Crippen LogP contribution < -0.4 is 20.1 Å². The first-order chi connectivity index (χ1) is 14.0. The second-order valence-electron chi connectivity index (χ2n) is 6.41. The van der Waals surface area contributed by atoms with E-state index < -0.39 is 11.9 Å². The predicted octanol–water partition coefficient (Wildman–Crippen LogP) is 2.77. The monoisotopic (exact) mass is 394 g/mol. The minimum atomic E-state index is -0.519. The van der Waals surface area contributed by atoms with Gasteiger partial charge in [0.2, 0.25) is 12.7 Å². The molecule has 3 N–H and O–H groups in total. The Bertz CT molecular complexity index is 1060. The number of benzene rings is 2. The maximum absolute atomic E-state index is 12.6. The zero-order chi connectivity index (χ0) is 20.4. The number of rotatable bonds is 5. The van der Waals surface area contributed by atoms with Gasteiger partial charge in [0, 0.05) is 35.9 Å². The minimum Gasteiger partial charge on any atom is -0.507 e. The number of fused-ring (bicyclic) bond motifs is 1. The molecule has 0 saturated carbocycles. The Balaban J connectivity index is 1.46. The van der Waals surface area contributed by atoms with Gasteiger partial charge in [0.15, 0.2) is 11.5 Å². The molecule has 148 valence electrons. The van der Waals surface area contributed by atoms with Gasteiger partial charge in [0.25, 0.3) is 5.91 Å². The molecule has 2 heterocycles. The number of phenols is 1. The summed E-state index contributed by atoms with van der Waals surface area (Å²) in [5.41, 5.74) is 1.02. The molecule has 1 aliphatic heterocycles. The number of anilines is 2. The lowest BCUT2D eigenvalue weighted by Gasteiger charge is -2.14. The van der Waals surface area contributed by atoms with E-state index in [1.807, 2.05) is 0 Å². The van der Waals surface area contributed by atoms with E-state index in [0.717, 1.165) is 0 Å². The van der Waals surface area contributed by atoms with Gasteiger partial charge in [0.05, 0.1) is 5.56 Å². The van der Waals surface area contributed by atoms with Crippen LogP contribution in [0, 0.1) is 0 Å². The van der Waals surface area contributed by atoms with Crippen LogP contribution in [-0.2, 0) is 4.79 Å². The van der Waals surface area contributed by atoms with Gasteiger partial charge in [-0.25, -0.2) is 0 Å². The zero-order valence-corrected chi connectivity index (χ0v) is 15.5. The van der Waals surface area contributed by atoms with Gasteiger partial charge in [-0.3, -0.25) is 14.3 Å². The van der Waals surface area contributed by atoms with Crippen LogP contribution in [0.4, 0.5) is 11.4 Å². The highest BCUT2D eigenvalue weighted by atomic mass is 16.7. The van der Waals surface area contributed by atoms with Crippen molar-refractivity contribution in [2.75, 3.05) is 17.4 Å². The van der Waals surface area contributed by atoms with Crippen LogP contribution in [0.2, 0.25) is 0 Å². The lowest BCUT2D eigenvalue weighted by atomic mass is 10.1. The number of nitrogens with one attached hydrogen (secondary N) is 2. The molecular formula is C20H18N4O5. The topological polar surface area (TPSA) is 115 Å². The van der Waals surface area contributed by atoms with E-state index in [1.165, 1.54) is 12.1 Å². The van der Waals surface area contributed by atoms with Crippen molar-refractivity contribution < 1.29 is 24.2 Å². The summed E-state index contributed by atoms with van der Waals surface area (Å²) in [7, 11) is 0. The van der Waals surface area contributed by atoms with Gasteiger partial charge in [-0.15, -0.1) is 0 Å². The molecule has 0 radical (unpaired) electrons. The summed E-state index contributed by atoms with van der Waals surface area (Å²) in [5, 5.41) is 19.6. The highest BCUT2D eigenvalue weighted by Gasteiger charge is 2.21. The molecule has 2 aromatic carbocycles. The van der Waals surface area contributed by atoms with Gasteiger partial charge >= 0.3 is 0 Å². The molecule has 1 aromatic heterocycles. The lowest BCUT2D eigenvalue weighted by molar-refractivity contribution is -0.119. The Morgan fingerprint density at radius 3 is 2.55 bits per heavy atom. The van der Waals surface area contributed by atoms with Gasteiger partial charge < -0.3 is 25.2 Å². The Hall–Kier alpha value is -4.01. The largest absolute Gasteiger partial charge is 0.507 e. The number of aromatic nitrogens is 2. The maximum Gasteiger partial charge on any atom is 0.259 e. The molecule has 3 aromatic rings. The molecule has 0 fully saturated rings. The van der Waals surface area contributed by atoms with E-state index in [0.29, 0.717) is 22.9 Å². The van der Waals surface area contributed by atoms with E-state index in [1.54, 1.807) is 54.3 Å². The molecule has 2 amide bonds. The van der Waals surface area contributed by atoms with Crippen LogP contribution in [0.15, 0.2) is 54.9 Å². The first kappa shape index (κ1) is 18.4. The third kappa shape index (κ3) is 3.84. The second kappa shape index (κ2) is 7.55. The van der Waals surface area contributed by atoms with Gasteiger partial charge in [0.1, 0.15) is 11.8 Å². The van der Waals surface area contributed by atoms with Crippen LogP contribution in [-0.4, -0.2) is 33.5 Å². The average Bonchev–Trinajstić information content (AvgIpc) is 3.38. The summed E-state index contributed by atoms with van der Waals surface area (Å²) in [6, 6.07) is 10.7. The molecule has 1 aliphatic rings. The lowest BCUT2D eigenvalue weighted by Crippen LogP contribution is -2.24. The highest BCUT2D eigenvalue weighted by molar-refractivity contribution is 6.07. The highest BCUT2D eigenvalue weighted by Crippen LogP contribution is 2.37. The Labute approximate surface area is 165 Å². The average molecular weight is 394 g/mol. The van der Waals surface area contributed by atoms with Crippen LogP contribution in [0.5, 0.6) is 17.2 Å². The van der Waals surface area contributed by atoms with Crippen LogP contribution in [0.3, 0.4) is 0 Å². The quantitative estimate of drug-likeness (QED) is 0.613. The molecule has 0 bridgehead atoms. The molecule has 4 rings (SSSR count). The van der Waals surface area contributed by atoms with Gasteiger partial charge in [-0.05, 0) is 31.2 Å². The molecule has 9 nitrogen and oxygen atoms in total. The molecule has 0 aliphatic carbocycles. The summed E-state index contributed by atoms with van der Waals surface area (Å²) in [4.78, 5) is 25.0. The van der Waals surface area contributed by atoms with E-state index in [-0.39, 0.29) is 24.0 Å². The predicted molar refractivity (Wildman–Crippen MR) is 104 cm³/mol. The number of aromatic hydroxyl groups is 1. The Morgan fingerprint density at radius 2 is 1.83 bits per heavy atom. The number of ether oxygens (including phenoxy) is 2. The van der Waals surface area contributed by atoms with Crippen molar-refractivity contribution >= 4 is 23.2 Å². The van der Waals surface area contributed by atoms with Crippen molar-refractivity contribution in [2.45, 2.75) is 13.0 Å². The third-order valence-corrected chi connectivity index (χ3v) is 4.42. The molecule has 1 atom stereocenters. The van der Waals surface area contributed by atoms with E-state index >= 15 is 0 Å². The number of carbonyl (C=O) groups excluding carboxylic acids is 2.